The topological polar surface area (TPSA) is 28.2 Å². The molecule has 0 saturated heterocycles. The Morgan fingerprint density at radius 3 is 2.68 bits per heavy atom. The zero-order valence-electron chi connectivity index (χ0n) is 11.9. The number of benzene rings is 1. The molecule has 100 valence electrons. The van der Waals surface area contributed by atoms with Gasteiger partial charge in [-0.05, 0) is 43.2 Å². The summed E-state index contributed by atoms with van der Waals surface area (Å²) >= 11 is 0. The lowest BCUT2D eigenvalue weighted by atomic mass is 10.1. The first-order chi connectivity index (χ1) is 9.24. The van der Waals surface area contributed by atoms with Gasteiger partial charge < -0.3 is 10.2 Å². The Bertz CT molecular complexity index is 537. The van der Waals surface area contributed by atoms with E-state index in [0.717, 1.165) is 18.9 Å². The summed E-state index contributed by atoms with van der Waals surface area (Å²) in [5.41, 5.74) is 3.88. The van der Waals surface area contributed by atoms with E-state index in [9.17, 15) is 0 Å². The molecule has 1 aromatic carbocycles. The number of hydrogen-bond donors (Lipinski definition) is 1. The predicted molar refractivity (Wildman–Crippen MR) is 81.7 cm³/mol. The van der Waals surface area contributed by atoms with Crippen molar-refractivity contribution in [1.29, 1.82) is 0 Å². The van der Waals surface area contributed by atoms with E-state index in [1.54, 1.807) is 0 Å². The average molecular weight is 255 g/mol. The van der Waals surface area contributed by atoms with Crippen molar-refractivity contribution in [1.82, 2.24) is 4.98 Å². The van der Waals surface area contributed by atoms with Gasteiger partial charge in [0.1, 0.15) is 5.82 Å². The summed E-state index contributed by atoms with van der Waals surface area (Å²) in [4.78, 5) is 6.63. The van der Waals surface area contributed by atoms with Gasteiger partial charge >= 0.3 is 0 Å². The molecular formula is C16H21N3. The number of nitrogens with zero attached hydrogens (tertiary/aromatic N) is 2. The van der Waals surface area contributed by atoms with Gasteiger partial charge in [0.25, 0.3) is 0 Å². The summed E-state index contributed by atoms with van der Waals surface area (Å²) in [6, 6.07) is 12.7. The summed E-state index contributed by atoms with van der Waals surface area (Å²) in [7, 11) is 1.89. The van der Waals surface area contributed by atoms with Crippen molar-refractivity contribution in [3.63, 3.8) is 0 Å². The first kappa shape index (κ1) is 13.4. The summed E-state index contributed by atoms with van der Waals surface area (Å²) in [6.45, 7) is 6.23. The minimum Gasteiger partial charge on any atom is -0.373 e. The van der Waals surface area contributed by atoms with Crippen molar-refractivity contribution in [2.24, 2.45) is 0 Å². The highest BCUT2D eigenvalue weighted by Gasteiger charge is 2.08. The van der Waals surface area contributed by atoms with E-state index in [1.807, 2.05) is 13.2 Å². The minimum atomic E-state index is 0.901. The van der Waals surface area contributed by atoms with Gasteiger partial charge in [-0.15, -0.1) is 0 Å². The number of aromatic nitrogens is 1. The maximum atomic E-state index is 4.25. The second-order valence-corrected chi connectivity index (χ2v) is 4.60. The smallest absolute Gasteiger partial charge is 0.125 e. The van der Waals surface area contributed by atoms with Crippen LogP contribution in [0.3, 0.4) is 0 Å². The highest BCUT2D eigenvalue weighted by molar-refractivity contribution is 5.53. The van der Waals surface area contributed by atoms with Gasteiger partial charge in [0.05, 0.1) is 0 Å². The maximum Gasteiger partial charge on any atom is 0.125 e. The van der Waals surface area contributed by atoms with Gasteiger partial charge in [-0.3, -0.25) is 0 Å². The van der Waals surface area contributed by atoms with Gasteiger partial charge in [-0.1, -0.05) is 18.2 Å². The Morgan fingerprint density at radius 1 is 1.21 bits per heavy atom. The predicted octanol–water partition coefficient (Wildman–Crippen LogP) is 3.46. The van der Waals surface area contributed by atoms with Crippen LogP contribution in [0.5, 0.6) is 0 Å². The van der Waals surface area contributed by atoms with Crippen molar-refractivity contribution >= 4 is 11.5 Å². The molecule has 2 rings (SSSR count). The number of aryl methyl sites for hydroxylation is 1. The molecular weight excluding hydrogens is 234 g/mol. The lowest BCUT2D eigenvalue weighted by Gasteiger charge is -2.25. The molecule has 3 nitrogen and oxygen atoms in total. The monoisotopic (exact) mass is 255 g/mol. The van der Waals surface area contributed by atoms with E-state index >= 15 is 0 Å². The summed E-state index contributed by atoms with van der Waals surface area (Å²) in [5.74, 6) is 0.915. The largest absolute Gasteiger partial charge is 0.373 e. The molecule has 0 bridgehead atoms. The van der Waals surface area contributed by atoms with E-state index < -0.39 is 0 Å². The van der Waals surface area contributed by atoms with Crippen molar-refractivity contribution in [2.45, 2.75) is 20.4 Å². The van der Waals surface area contributed by atoms with E-state index in [1.165, 1.54) is 16.8 Å². The summed E-state index contributed by atoms with van der Waals surface area (Å²) < 4.78 is 0. The van der Waals surface area contributed by atoms with Crippen molar-refractivity contribution in [3.8, 4) is 0 Å². The highest BCUT2D eigenvalue weighted by Crippen LogP contribution is 2.21. The molecule has 0 aliphatic carbocycles. The molecule has 0 radical (unpaired) electrons. The van der Waals surface area contributed by atoms with E-state index in [4.69, 9.17) is 0 Å². The second-order valence-electron chi connectivity index (χ2n) is 4.60. The molecule has 2 aromatic rings. The summed E-state index contributed by atoms with van der Waals surface area (Å²) in [6.07, 6.45) is 1.85. The average Bonchev–Trinajstić information content (AvgIpc) is 2.46. The Kier molecular flexibility index (Phi) is 4.39. The Morgan fingerprint density at radius 2 is 2.00 bits per heavy atom. The molecule has 0 unspecified atom stereocenters. The molecule has 0 amide bonds. The van der Waals surface area contributed by atoms with Crippen LogP contribution in [0.4, 0.5) is 11.5 Å². The molecule has 1 aromatic heterocycles. The van der Waals surface area contributed by atoms with Gasteiger partial charge in [0.2, 0.25) is 0 Å². The maximum absolute atomic E-state index is 4.25. The minimum absolute atomic E-state index is 0.901. The van der Waals surface area contributed by atoms with Crippen LogP contribution in [-0.4, -0.2) is 18.6 Å². The van der Waals surface area contributed by atoms with Crippen LogP contribution in [-0.2, 0) is 6.54 Å². The molecule has 0 spiro atoms. The van der Waals surface area contributed by atoms with Crippen LogP contribution in [0.1, 0.15) is 18.1 Å². The van der Waals surface area contributed by atoms with Crippen LogP contribution >= 0.6 is 0 Å². The molecule has 1 N–H and O–H groups in total. The Balaban J connectivity index is 2.21. The van der Waals surface area contributed by atoms with E-state index in [2.05, 4.69) is 65.4 Å². The fourth-order valence-corrected chi connectivity index (χ4v) is 2.22. The van der Waals surface area contributed by atoms with Crippen LogP contribution in [0.2, 0.25) is 0 Å². The SMILES string of the molecule is CCN(Cc1ccnc(NC)c1)c1ccccc1C. The van der Waals surface area contributed by atoms with Crippen LogP contribution in [0.25, 0.3) is 0 Å². The normalized spacial score (nSPS) is 10.3. The first-order valence-corrected chi connectivity index (χ1v) is 6.68. The van der Waals surface area contributed by atoms with E-state index in [0.29, 0.717) is 0 Å². The number of anilines is 2. The third-order valence-corrected chi connectivity index (χ3v) is 3.29. The zero-order valence-corrected chi connectivity index (χ0v) is 11.9. The summed E-state index contributed by atoms with van der Waals surface area (Å²) in [5, 5.41) is 3.08. The number of pyridine rings is 1. The van der Waals surface area contributed by atoms with Gasteiger partial charge in [-0.25, -0.2) is 4.98 Å². The highest BCUT2D eigenvalue weighted by atomic mass is 15.1. The molecule has 0 aliphatic heterocycles. The van der Waals surface area contributed by atoms with Crippen LogP contribution in [0.15, 0.2) is 42.6 Å². The molecule has 0 aliphatic rings. The standard InChI is InChI=1S/C16H21N3/c1-4-19(15-8-6-5-7-13(15)2)12-14-9-10-18-16(11-14)17-3/h5-11H,4,12H2,1-3H3,(H,17,18). The second kappa shape index (κ2) is 6.23. The third kappa shape index (κ3) is 3.25. The fourth-order valence-electron chi connectivity index (χ4n) is 2.22. The number of para-hydroxylation sites is 1. The van der Waals surface area contributed by atoms with Crippen molar-refractivity contribution in [2.75, 3.05) is 23.8 Å². The van der Waals surface area contributed by atoms with Crippen molar-refractivity contribution < 1.29 is 0 Å². The number of hydrogen-bond acceptors (Lipinski definition) is 3. The van der Waals surface area contributed by atoms with Crippen LogP contribution < -0.4 is 10.2 Å². The fraction of sp³-hybridized carbons (Fsp3) is 0.312. The van der Waals surface area contributed by atoms with Crippen LogP contribution in [0, 0.1) is 6.92 Å². The van der Waals surface area contributed by atoms with Gasteiger partial charge in [-0.2, -0.15) is 0 Å². The lowest BCUT2D eigenvalue weighted by Crippen LogP contribution is -2.22. The molecule has 0 atom stereocenters. The molecule has 3 heteroatoms. The van der Waals surface area contributed by atoms with Crippen molar-refractivity contribution in [3.05, 3.63) is 53.7 Å². The Hall–Kier alpha value is -2.03. The quantitative estimate of drug-likeness (QED) is 0.887. The zero-order chi connectivity index (χ0) is 13.7. The molecule has 1 heterocycles. The Labute approximate surface area is 115 Å². The van der Waals surface area contributed by atoms with E-state index in [-0.39, 0.29) is 0 Å². The van der Waals surface area contributed by atoms with Gasteiger partial charge in [0.15, 0.2) is 0 Å². The number of rotatable bonds is 5. The first-order valence-electron chi connectivity index (χ1n) is 6.68. The molecule has 0 saturated carbocycles. The number of nitrogens with one attached hydrogen (secondary N) is 1. The third-order valence-electron chi connectivity index (χ3n) is 3.29. The lowest BCUT2D eigenvalue weighted by molar-refractivity contribution is 0.827. The molecule has 19 heavy (non-hydrogen) atoms. The van der Waals surface area contributed by atoms with Gasteiger partial charge in [0, 0.05) is 32.0 Å². The molecule has 0 fully saturated rings.